The fourth-order valence-corrected chi connectivity index (χ4v) is 4.58. The van der Waals surface area contributed by atoms with Gasteiger partial charge in [0.05, 0.1) is 19.7 Å². The maximum atomic E-state index is 12.9. The lowest BCUT2D eigenvalue weighted by atomic mass is 9.98. The summed E-state index contributed by atoms with van der Waals surface area (Å²) in [6.45, 7) is -1.49. The molecular formula is C30H32N4O7. The molecule has 3 aromatic carbocycles. The smallest absolute Gasteiger partial charge is 0.407 e. The van der Waals surface area contributed by atoms with Crippen molar-refractivity contribution in [3.8, 4) is 11.1 Å². The first kappa shape index (κ1) is 29.2. The summed E-state index contributed by atoms with van der Waals surface area (Å²) < 4.78 is 10.7. The zero-order chi connectivity index (χ0) is 29.2. The van der Waals surface area contributed by atoms with Gasteiger partial charge in [-0.05, 0) is 27.8 Å². The number of carbonyl (C=O) groups is 4. The standard InChI is InChI=1S/C30H32N4O7/c31-14-27(36)33-25(28(37)34-26(16-35)29(38)40-17-19-8-2-1-3-9-19)15-32-30(39)41-18-24-22-12-6-4-10-20(22)21-11-5-7-13-23(21)24/h1-13,24-26,35H,14-18,31H2,(H,32,39)(H,33,36)(H,34,37)/t25-,26?/m0/s1. The van der Waals surface area contributed by atoms with E-state index in [0.29, 0.717) is 0 Å². The fraction of sp³-hybridized carbons (Fsp3) is 0.267. The van der Waals surface area contributed by atoms with Gasteiger partial charge in [-0.25, -0.2) is 9.59 Å². The van der Waals surface area contributed by atoms with E-state index in [2.05, 4.69) is 16.0 Å². The van der Waals surface area contributed by atoms with E-state index in [1.54, 1.807) is 24.3 Å². The molecule has 0 aliphatic heterocycles. The van der Waals surface area contributed by atoms with Crippen molar-refractivity contribution >= 4 is 23.9 Å². The maximum Gasteiger partial charge on any atom is 0.407 e. The summed E-state index contributed by atoms with van der Waals surface area (Å²) >= 11 is 0. The number of aliphatic hydroxyl groups excluding tert-OH is 1. The summed E-state index contributed by atoms with van der Waals surface area (Å²) in [4.78, 5) is 49.9. The molecular weight excluding hydrogens is 528 g/mol. The average Bonchev–Trinajstić information content (AvgIpc) is 3.33. The zero-order valence-corrected chi connectivity index (χ0v) is 22.2. The highest BCUT2D eigenvalue weighted by Crippen LogP contribution is 2.44. The van der Waals surface area contributed by atoms with Crippen molar-refractivity contribution in [2.24, 2.45) is 5.73 Å². The Bertz CT molecular complexity index is 1340. The molecule has 0 bridgehead atoms. The van der Waals surface area contributed by atoms with E-state index in [1.165, 1.54) is 0 Å². The van der Waals surface area contributed by atoms with Gasteiger partial charge in [-0.1, -0.05) is 78.9 Å². The number of alkyl carbamates (subject to hydrolysis) is 1. The third-order valence-electron chi connectivity index (χ3n) is 6.64. The first-order valence-electron chi connectivity index (χ1n) is 13.1. The summed E-state index contributed by atoms with van der Waals surface area (Å²) in [5.41, 5.74) is 10.4. The van der Waals surface area contributed by atoms with Crippen LogP contribution in [0.3, 0.4) is 0 Å². The summed E-state index contributed by atoms with van der Waals surface area (Å²) in [7, 11) is 0. The van der Waals surface area contributed by atoms with E-state index in [9.17, 15) is 24.3 Å². The molecule has 1 aliphatic carbocycles. The molecule has 6 N–H and O–H groups in total. The number of aliphatic hydroxyl groups is 1. The lowest BCUT2D eigenvalue weighted by molar-refractivity contribution is -0.150. The third kappa shape index (κ3) is 7.47. The van der Waals surface area contributed by atoms with Gasteiger partial charge in [-0.2, -0.15) is 0 Å². The van der Waals surface area contributed by atoms with Crippen LogP contribution in [0, 0.1) is 0 Å². The Balaban J connectivity index is 1.33. The number of benzene rings is 3. The predicted molar refractivity (Wildman–Crippen MR) is 149 cm³/mol. The van der Waals surface area contributed by atoms with Crippen LogP contribution in [-0.4, -0.2) is 67.4 Å². The molecule has 0 aromatic heterocycles. The minimum absolute atomic E-state index is 0.0529. The molecule has 11 heteroatoms. The van der Waals surface area contributed by atoms with Crippen LogP contribution in [0.25, 0.3) is 11.1 Å². The van der Waals surface area contributed by atoms with E-state index in [-0.39, 0.29) is 25.7 Å². The van der Waals surface area contributed by atoms with Crippen LogP contribution in [0.1, 0.15) is 22.6 Å². The number of nitrogens with one attached hydrogen (secondary N) is 3. The summed E-state index contributed by atoms with van der Waals surface area (Å²) in [6, 6.07) is 22.0. The highest BCUT2D eigenvalue weighted by Gasteiger charge is 2.30. The number of rotatable bonds is 12. The molecule has 1 unspecified atom stereocenters. The van der Waals surface area contributed by atoms with Gasteiger partial charge < -0.3 is 36.3 Å². The zero-order valence-electron chi connectivity index (χ0n) is 22.2. The molecule has 41 heavy (non-hydrogen) atoms. The van der Waals surface area contributed by atoms with Gasteiger partial charge in [0.1, 0.15) is 19.3 Å². The number of carbonyl (C=O) groups excluding carboxylic acids is 4. The van der Waals surface area contributed by atoms with E-state index in [1.807, 2.05) is 54.6 Å². The largest absolute Gasteiger partial charge is 0.459 e. The number of hydrogen-bond acceptors (Lipinski definition) is 8. The Morgan fingerprint density at radius 1 is 0.805 bits per heavy atom. The van der Waals surface area contributed by atoms with Gasteiger partial charge in [0.25, 0.3) is 0 Å². The fourth-order valence-electron chi connectivity index (χ4n) is 4.58. The Hall–Kier alpha value is -4.74. The maximum absolute atomic E-state index is 12.9. The van der Waals surface area contributed by atoms with E-state index in [4.69, 9.17) is 15.2 Å². The van der Waals surface area contributed by atoms with Crippen molar-refractivity contribution in [2.45, 2.75) is 24.6 Å². The van der Waals surface area contributed by atoms with Crippen molar-refractivity contribution < 1.29 is 33.8 Å². The van der Waals surface area contributed by atoms with Gasteiger partial charge in [-0.3, -0.25) is 9.59 Å². The van der Waals surface area contributed by atoms with Gasteiger partial charge in [0.2, 0.25) is 11.8 Å². The summed E-state index contributed by atoms with van der Waals surface area (Å²) in [5, 5.41) is 16.9. The van der Waals surface area contributed by atoms with Crippen molar-refractivity contribution in [3.05, 3.63) is 95.6 Å². The molecule has 11 nitrogen and oxygen atoms in total. The monoisotopic (exact) mass is 560 g/mol. The first-order valence-corrected chi connectivity index (χ1v) is 13.1. The van der Waals surface area contributed by atoms with Crippen molar-refractivity contribution in [2.75, 3.05) is 26.3 Å². The van der Waals surface area contributed by atoms with E-state index in [0.717, 1.165) is 27.8 Å². The molecule has 0 spiro atoms. The SMILES string of the molecule is NCC(=O)N[C@@H](CNC(=O)OCC1c2ccccc2-c2ccccc21)C(=O)NC(CO)C(=O)OCc1ccccc1. The second-order valence-electron chi connectivity index (χ2n) is 9.37. The van der Waals surface area contributed by atoms with Crippen molar-refractivity contribution in [3.63, 3.8) is 0 Å². The van der Waals surface area contributed by atoms with Gasteiger partial charge >= 0.3 is 12.1 Å². The number of nitrogens with two attached hydrogens (primary N) is 1. The molecule has 0 saturated carbocycles. The Morgan fingerprint density at radius 2 is 1.41 bits per heavy atom. The lowest BCUT2D eigenvalue weighted by Gasteiger charge is -2.22. The van der Waals surface area contributed by atoms with Gasteiger partial charge in [0, 0.05) is 5.92 Å². The van der Waals surface area contributed by atoms with Crippen LogP contribution >= 0.6 is 0 Å². The minimum atomic E-state index is -1.39. The van der Waals surface area contributed by atoms with E-state index < -0.39 is 49.1 Å². The Kier molecular flexibility index (Phi) is 10.0. The molecule has 3 amide bonds. The van der Waals surface area contributed by atoms with Crippen LogP contribution in [0.15, 0.2) is 78.9 Å². The molecule has 3 aromatic rings. The molecule has 214 valence electrons. The molecule has 2 atom stereocenters. The Morgan fingerprint density at radius 3 is 2.02 bits per heavy atom. The van der Waals surface area contributed by atoms with Crippen LogP contribution < -0.4 is 21.7 Å². The number of esters is 1. The summed E-state index contributed by atoms with van der Waals surface area (Å²) in [5.74, 6) is -2.51. The molecule has 0 heterocycles. The Labute approximate surface area is 237 Å². The first-order chi connectivity index (χ1) is 19.9. The average molecular weight is 561 g/mol. The molecule has 4 rings (SSSR count). The van der Waals surface area contributed by atoms with Crippen LogP contribution in [-0.2, 0) is 30.5 Å². The van der Waals surface area contributed by atoms with Crippen LogP contribution in [0.5, 0.6) is 0 Å². The highest BCUT2D eigenvalue weighted by molar-refractivity contribution is 5.91. The number of fused-ring (bicyclic) bond motifs is 3. The second-order valence-corrected chi connectivity index (χ2v) is 9.37. The highest BCUT2D eigenvalue weighted by atomic mass is 16.5. The van der Waals surface area contributed by atoms with Crippen LogP contribution in [0.4, 0.5) is 4.79 Å². The van der Waals surface area contributed by atoms with Crippen LogP contribution in [0.2, 0.25) is 0 Å². The summed E-state index contributed by atoms with van der Waals surface area (Å²) in [6.07, 6.45) is -0.798. The normalized spacial score (nSPS) is 13.2. The predicted octanol–water partition coefficient (Wildman–Crippen LogP) is 1.19. The minimum Gasteiger partial charge on any atom is -0.459 e. The molecule has 0 saturated heterocycles. The van der Waals surface area contributed by atoms with Gasteiger partial charge in [0.15, 0.2) is 6.04 Å². The lowest BCUT2D eigenvalue weighted by Crippen LogP contribution is -2.57. The number of ether oxygens (including phenoxy) is 2. The van der Waals surface area contributed by atoms with Gasteiger partial charge in [-0.15, -0.1) is 0 Å². The third-order valence-corrected chi connectivity index (χ3v) is 6.64. The molecule has 0 fully saturated rings. The van der Waals surface area contributed by atoms with E-state index >= 15 is 0 Å². The topological polar surface area (TPSA) is 169 Å². The number of amides is 3. The second kappa shape index (κ2) is 14.1. The molecule has 0 radical (unpaired) electrons. The number of hydrogen-bond donors (Lipinski definition) is 5. The van der Waals surface area contributed by atoms with Crippen molar-refractivity contribution in [1.29, 1.82) is 0 Å². The van der Waals surface area contributed by atoms with Crippen molar-refractivity contribution in [1.82, 2.24) is 16.0 Å². The quantitative estimate of drug-likeness (QED) is 0.206. The molecule has 1 aliphatic rings.